The molecule has 1 aliphatic carbocycles. The molecule has 0 aromatic rings. The van der Waals surface area contributed by atoms with Crippen molar-refractivity contribution in [3.63, 3.8) is 0 Å². The minimum atomic E-state index is 0.695. The Labute approximate surface area is 86.6 Å². The molecule has 3 atom stereocenters. The lowest BCUT2D eigenvalue weighted by atomic mass is 9.60. The van der Waals surface area contributed by atoms with E-state index in [1.807, 2.05) is 0 Å². The third-order valence-corrected chi connectivity index (χ3v) is 4.66. The molecular formula is C12H21NO. The topological polar surface area (TPSA) is 12.5 Å². The quantitative estimate of drug-likeness (QED) is 0.636. The van der Waals surface area contributed by atoms with Gasteiger partial charge in [0.2, 0.25) is 0 Å². The highest BCUT2D eigenvalue weighted by atomic mass is 16.5. The normalized spacial score (nSPS) is 45.2. The Morgan fingerprint density at radius 2 is 2.36 bits per heavy atom. The van der Waals surface area contributed by atoms with Gasteiger partial charge < -0.3 is 4.74 Å². The molecule has 14 heavy (non-hydrogen) atoms. The SMILES string of the molecule is CCCOCC1CC23CCC2CCN13. The van der Waals surface area contributed by atoms with Crippen molar-refractivity contribution in [3.05, 3.63) is 0 Å². The van der Waals surface area contributed by atoms with E-state index in [0.717, 1.165) is 31.6 Å². The summed E-state index contributed by atoms with van der Waals surface area (Å²) in [6, 6.07) is 0.770. The molecule has 2 saturated heterocycles. The van der Waals surface area contributed by atoms with E-state index in [2.05, 4.69) is 11.8 Å². The minimum absolute atomic E-state index is 0.695. The molecule has 3 fully saturated rings. The summed E-state index contributed by atoms with van der Waals surface area (Å²) in [6.07, 6.45) is 7.02. The number of hydrogen-bond donors (Lipinski definition) is 0. The van der Waals surface area contributed by atoms with Gasteiger partial charge in [0, 0.05) is 18.2 Å². The summed E-state index contributed by atoms with van der Waals surface area (Å²) in [5.41, 5.74) is 0.695. The highest BCUT2D eigenvalue weighted by Crippen LogP contribution is 2.59. The van der Waals surface area contributed by atoms with Gasteiger partial charge in [-0.15, -0.1) is 0 Å². The third-order valence-electron chi connectivity index (χ3n) is 4.66. The van der Waals surface area contributed by atoms with Gasteiger partial charge in [-0.05, 0) is 44.6 Å². The second-order valence-electron chi connectivity index (χ2n) is 5.25. The Balaban J connectivity index is 1.51. The second kappa shape index (κ2) is 3.21. The molecule has 0 aromatic heterocycles. The molecule has 2 aliphatic heterocycles. The summed E-state index contributed by atoms with van der Waals surface area (Å²) >= 11 is 0. The van der Waals surface area contributed by atoms with Gasteiger partial charge >= 0.3 is 0 Å². The Morgan fingerprint density at radius 3 is 3.07 bits per heavy atom. The molecule has 2 nitrogen and oxygen atoms in total. The Hall–Kier alpha value is -0.0800. The van der Waals surface area contributed by atoms with E-state index in [-0.39, 0.29) is 0 Å². The lowest BCUT2D eigenvalue weighted by Crippen LogP contribution is -2.69. The molecule has 0 aromatic carbocycles. The van der Waals surface area contributed by atoms with Crippen molar-refractivity contribution < 1.29 is 4.74 Å². The van der Waals surface area contributed by atoms with Crippen LogP contribution in [0.15, 0.2) is 0 Å². The van der Waals surface area contributed by atoms with Gasteiger partial charge in [-0.2, -0.15) is 0 Å². The number of nitrogens with zero attached hydrogens (tertiary/aromatic N) is 1. The van der Waals surface area contributed by atoms with Crippen molar-refractivity contribution in [2.45, 2.75) is 50.6 Å². The van der Waals surface area contributed by atoms with Crippen LogP contribution in [0.4, 0.5) is 0 Å². The van der Waals surface area contributed by atoms with Crippen LogP contribution in [0.5, 0.6) is 0 Å². The van der Waals surface area contributed by atoms with Crippen LogP contribution in [0.2, 0.25) is 0 Å². The van der Waals surface area contributed by atoms with Crippen molar-refractivity contribution in [1.29, 1.82) is 0 Å². The van der Waals surface area contributed by atoms with E-state index in [1.165, 1.54) is 32.2 Å². The van der Waals surface area contributed by atoms with Crippen LogP contribution < -0.4 is 0 Å². The van der Waals surface area contributed by atoms with E-state index in [0.29, 0.717) is 5.54 Å². The molecule has 0 radical (unpaired) electrons. The largest absolute Gasteiger partial charge is 0.380 e. The van der Waals surface area contributed by atoms with Crippen molar-refractivity contribution in [1.82, 2.24) is 4.90 Å². The van der Waals surface area contributed by atoms with Crippen LogP contribution in [0, 0.1) is 5.92 Å². The predicted molar refractivity (Wildman–Crippen MR) is 56.3 cm³/mol. The molecule has 80 valence electrons. The lowest BCUT2D eigenvalue weighted by Gasteiger charge is -2.62. The first-order valence-corrected chi connectivity index (χ1v) is 6.21. The molecule has 2 heteroatoms. The van der Waals surface area contributed by atoms with Crippen LogP contribution in [-0.2, 0) is 4.74 Å². The van der Waals surface area contributed by atoms with E-state index >= 15 is 0 Å². The van der Waals surface area contributed by atoms with Gasteiger partial charge in [0.15, 0.2) is 0 Å². The molecular weight excluding hydrogens is 174 g/mol. The maximum Gasteiger partial charge on any atom is 0.0622 e. The molecule has 3 unspecified atom stereocenters. The molecule has 2 heterocycles. The van der Waals surface area contributed by atoms with E-state index in [1.54, 1.807) is 0 Å². The summed E-state index contributed by atoms with van der Waals surface area (Å²) in [4.78, 5) is 2.75. The van der Waals surface area contributed by atoms with E-state index < -0.39 is 0 Å². The summed E-state index contributed by atoms with van der Waals surface area (Å²) in [6.45, 7) is 5.47. The van der Waals surface area contributed by atoms with E-state index in [4.69, 9.17) is 4.74 Å². The van der Waals surface area contributed by atoms with Gasteiger partial charge in [-0.1, -0.05) is 6.92 Å². The first-order valence-electron chi connectivity index (χ1n) is 6.21. The highest BCUT2D eigenvalue weighted by Gasteiger charge is 2.63. The zero-order chi connectivity index (χ0) is 9.60. The zero-order valence-electron chi connectivity index (χ0n) is 9.17. The average molecular weight is 195 g/mol. The van der Waals surface area contributed by atoms with Crippen LogP contribution in [0.1, 0.15) is 39.0 Å². The zero-order valence-corrected chi connectivity index (χ0v) is 9.17. The number of ether oxygens (including phenoxy) is 1. The van der Waals surface area contributed by atoms with Crippen LogP contribution in [0.25, 0.3) is 0 Å². The minimum Gasteiger partial charge on any atom is -0.380 e. The fourth-order valence-corrected chi connectivity index (χ4v) is 3.84. The van der Waals surface area contributed by atoms with Crippen LogP contribution in [-0.4, -0.2) is 36.2 Å². The molecule has 0 amide bonds. The Bertz CT molecular complexity index is 230. The standard InChI is InChI=1S/C12H21NO/c1-2-7-14-9-11-8-12-5-3-10(12)4-6-13(11)12/h10-11H,2-9H2,1H3. The fraction of sp³-hybridized carbons (Fsp3) is 1.00. The third kappa shape index (κ3) is 1.04. The lowest BCUT2D eigenvalue weighted by molar-refractivity contribution is -0.135. The van der Waals surface area contributed by atoms with Gasteiger partial charge in [0.25, 0.3) is 0 Å². The van der Waals surface area contributed by atoms with Crippen molar-refractivity contribution in [2.24, 2.45) is 5.92 Å². The molecule has 3 rings (SSSR count). The van der Waals surface area contributed by atoms with Gasteiger partial charge in [-0.3, -0.25) is 4.90 Å². The van der Waals surface area contributed by atoms with Gasteiger partial charge in [0.1, 0.15) is 0 Å². The summed E-state index contributed by atoms with van der Waals surface area (Å²) in [5.74, 6) is 1.06. The maximum atomic E-state index is 5.66. The van der Waals surface area contributed by atoms with E-state index in [9.17, 15) is 0 Å². The van der Waals surface area contributed by atoms with Crippen LogP contribution >= 0.6 is 0 Å². The molecule has 1 spiro atoms. The number of rotatable bonds is 4. The Kier molecular flexibility index (Phi) is 2.10. The van der Waals surface area contributed by atoms with Crippen molar-refractivity contribution in [3.8, 4) is 0 Å². The first kappa shape index (κ1) is 9.17. The van der Waals surface area contributed by atoms with Crippen molar-refractivity contribution in [2.75, 3.05) is 19.8 Å². The predicted octanol–water partition coefficient (Wildman–Crippen LogP) is 2.04. The van der Waals surface area contributed by atoms with Gasteiger partial charge in [0.05, 0.1) is 6.61 Å². The molecule has 3 aliphatic rings. The summed E-state index contributed by atoms with van der Waals surface area (Å²) in [7, 11) is 0. The first-order chi connectivity index (χ1) is 6.87. The summed E-state index contributed by atoms with van der Waals surface area (Å²) < 4.78 is 5.66. The molecule has 1 saturated carbocycles. The Morgan fingerprint density at radius 1 is 1.43 bits per heavy atom. The summed E-state index contributed by atoms with van der Waals surface area (Å²) in [5, 5.41) is 0. The highest BCUT2D eigenvalue weighted by molar-refractivity contribution is 5.18. The molecule has 0 N–H and O–H groups in total. The fourth-order valence-electron chi connectivity index (χ4n) is 3.84. The van der Waals surface area contributed by atoms with Gasteiger partial charge in [-0.25, -0.2) is 0 Å². The average Bonchev–Trinajstić information content (AvgIpc) is 2.32. The monoisotopic (exact) mass is 195 g/mol. The second-order valence-corrected chi connectivity index (χ2v) is 5.25. The number of hydrogen-bond acceptors (Lipinski definition) is 2. The van der Waals surface area contributed by atoms with Crippen LogP contribution in [0.3, 0.4) is 0 Å². The molecule has 0 bridgehead atoms. The maximum absolute atomic E-state index is 5.66. The smallest absolute Gasteiger partial charge is 0.0622 e. The van der Waals surface area contributed by atoms with Crippen molar-refractivity contribution >= 4 is 0 Å².